The molecule has 5 nitrogen and oxygen atoms in total. The predicted octanol–water partition coefficient (Wildman–Crippen LogP) is 2.61. The van der Waals surface area contributed by atoms with Crippen molar-refractivity contribution < 1.29 is 9.90 Å². The molecule has 0 aliphatic heterocycles. The van der Waals surface area contributed by atoms with Crippen LogP contribution in [0.3, 0.4) is 0 Å². The molecular weight excluding hydrogens is 274 g/mol. The second-order valence-electron chi connectivity index (χ2n) is 5.30. The lowest BCUT2D eigenvalue weighted by Crippen LogP contribution is -2.30. The SMILES string of the molecule is CN(Cc1cc(C2CC2)n[nH]1)C(C(=O)O)c1ccsc1. The van der Waals surface area contributed by atoms with Gasteiger partial charge in [0.25, 0.3) is 0 Å². The van der Waals surface area contributed by atoms with Crippen molar-refractivity contribution in [3.05, 3.63) is 39.8 Å². The van der Waals surface area contributed by atoms with Gasteiger partial charge in [0.1, 0.15) is 6.04 Å². The molecule has 2 aromatic rings. The highest BCUT2D eigenvalue weighted by Gasteiger charge is 2.28. The summed E-state index contributed by atoms with van der Waals surface area (Å²) in [6.07, 6.45) is 2.43. The zero-order valence-corrected chi connectivity index (χ0v) is 12.1. The van der Waals surface area contributed by atoms with E-state index in [1.165, 1.54) is 24.2 Å². The fraction of sp³-hybridized carbons (Fsp3) is 0.429. The second kappa shape index (κ2) is 5.38. The standard InChI is InChI=1S/C14H17N3O2S/c1-17(13(14(18)19)10-4-5-20-8-10)7-11-6-12(16-15-11)9-2-3-9/h4-6,8-9,13H,2-3,7H2,1H3,(H,15,16)(H,18,19). The van der Waals surface area contributed by atoms with Gasteiger partial charge < -0.3 is 5.11 Å². The van der Waals surface area contributed by atoms with E-state index in [1.54, 1.807) is 0 Å². The highest BCUT2D eigenvalue weighted by atomic mass is 32.1. The number of aliphatic carboxylic acids is 1. The largest absolute Gasteiger partial charge is 0.480 e. The third-order valence-electron chi connectivity index (χ3n) is 3.60. The van der Waals surface area contributed by atoms with Crippen molar-refractivity contribution in [2.45, 2.75) is 31.3 Å². The number of H-pyrrole nitrogens is 1. The maximum atomic E-state index is 11.5. The molecular formula is C14H17N3O2S. The van der Waals surface area contributed by atoms with E-state index in [1.807, 2.05) is 28.8 Å². The third kappa shape index (κ3) is 2.76. The Kier molecular flexibility index (Phi) is 3.58. The number of aromatic nitrogens is 2. The van der Waals surface area contributed by atoms with Gasteiger partial charge in [0.2, 0.25) is 0 Å². The Hall–Kier alpha value is -1.66. The average molecular weight is 291 g/mol. The van der Waals surface area contributed by atoms with Gasteiger partial charge in [-0.25, -0.2) is 0 Å². The van der Waals surface area contributed by atoms with Crippen molar-refractivity contribution in [2.75, 3.05) is 7.05 Å². The minimum Gasteiger partial charge on any atom is -0.480 e. The van der Waals surface area contributed by atoms with Gasteiger partial charge in [-0.1, -0.05) is 0 Å². The predicted molar refractivity (Wildman–Crippen MR) is 76.7 cm³/mol. The van der Waals surface area contributed by atoms with Crippen molar-refractivity contribution in [1.29, 1.82) is 0 Å². The number of carbonyl (C=O) groups is 1. The first-order chi connectivity index (χ1) is 9.65. The Morgan fingerprint density at radius 2 is 2.45 bits per heavy atom. The summed E-state index contributed by atoms with van der Waals surface area (Å²) in [5.41, 5.74) is 2.90. The van der Waals surface area contributed by atoms with E-state index in [0.29, 0.717) is 12.5 Å². The van der Waals surface area contributed by atoms with E-state index in [-0.39, 0.29) is 0 Å². The third-order valence-corrected chi connectivity index (χ3v) is 4.30. The van der Waals surface area contributed by atoms with Crippen LogP contribution in [0.25, 0.3) is 0 Å². The van der Waals surface area contributed by atoms with Crippen molar-refractivity contribution in [2.24, 2.45) is 0 Å². The van der Waals surface area contributed by atoms with Gasteiger partial charge in [0, 0.05) is 18.2 Å². The molecule has 20 heavy (non-hydrogen) atoms. The number of nitrogens with one attached hydrogen (secondary N) is 1. The van der Waals surface area contributed by atoms with Crippen LogP contribution in [0.1, 0.15) is 41.8 Å². The first kappa shape index (κ1) is 13.3. The van der Waals surface area contributed by atoms with E-state index in [9.17, 15) is 9.90 Å². The quantitative estimate of drug-likeness (QED) is 0.858. The Balaban J connectivity index is 1.72. The summed E-state index contributed by atoms with van der Waals surface area (Å²) in [7, 11) is 1.83. The number of nitrogens with zero attached hydrogens (tertiary/aromatic N) is 2. The molecule has 1 fully saturated rings. The van der Waals surface area contributed by atoms with Crippen LogP contribution in [0.5, 0.6) is 0 Å². The van der Waals surface area contributed by atoms with Crippen LogP contribution >= 0.6 is 11.3 Å². The molecule has 1 aliphatic carbocycles. The number of hydrogen-bond donors (Lipinski definition) is 2. The molecule has 106 valence electrons. The molecule has 0 aromatic carbocycles. The lowest BCUT2D eigenvalue weighted by Gasteiger charge is -2.23. The zero-order chi connectivity index (χ0) is 14.1. The summed E-state index contributed by atoms with van der Waals surface area (Å²) in [5.74, 6) is -0.217. The summed E-state index contributed by atoms with van der Waals surface area (Å²) in [6.45, 7) is 0.548. The Morgan fingerprint density at radius 3 is 3.05 bits per heavy atom. The number of rotatable bonds is 6. The van der Waals surface area contributed by atoms with E-state index >= 15 is 0 Å². The number of thiophene rings is 1. The van der Waals surface area contributed by atoms with Gasteiger partial charge in [0.15, 0.2) is 0 Å². The molecule has 0 saturated heterocycles. The molecule has 1 saturated carbocycles. The van der Waals surface area contributed by atoms with Gasteiger partial charge >= 0.3 is 5.97 Å². The maximum Gasteiger partial charge on any atom is 0.325 e. The maximum absolute atomic E-state index is 11.5. The minimum absolute atomic E-state index is 0.548. The lowest BCUT2D eigenvalue weighted by molar-refractivity contribution is -0.143. The lowest BCUT2D eigenvalue weighted by atomic mass is 10.1. The van der Waals surface area contributed by atoms with Crippen molar-refractivity contribution in [1.82, 2.24) is 15.1 Å². The first-order valence-corrected chi connectivity index (χ1v) is 7.58. The molecule has 1 atom stereocenters. The summed E-state index contributed by atoms with van der Waals surface area (Å²) in [4.78, 5) is 13.3. The van der Waals surface area contributed by atoms with Gasteiger partial charge in [-0.15, -0.1) is 0 Å². The molecule has 0 radical (unpaired) electrons. The van der Waals surface area contributed by atoms with Gasteiger partial charge in [0.05, 0.1) is 5.69 Å². The van der Waals surface area contributed by atoms with Crippen LogP contribution in [-0.4, -0.2) is 33.2 Å². The van der Waals surface area contributed by atoms with Crippen LogP contribution in [-0.2, 0) is 11.3 Å². The van der Waals surface area contributed by atoms with Crippen molar-refractivity contribution in [3.63, 3.8) is 0 Å². The zero-order valence-electron chi connectivity index (χ0n) is 11.2. The summed E-state index contributed by atoms with van der Waals surface area (Å²) in [6, 6.07) is 3.30. The van der Waals surface area contributed by atoms with Crippen LogP contribution in [0.15, 0.2) is 22.9 Å². The van der Waals surface area contributed by atoms with Crippen molar-refractivity contribution in [3.8, 4) is 0 Å². The number of hydrogen-bond acceptors (Lipinski definition) is 4. The highest BCUT2D eigenvalue weighted by Crippen LogP contribution is 2.39. The van der Waals surface area contributed by atoms with Gasteiger partial charge in [-0.05, 0) is 48.3 Å². The van der Waals surface area contributed by atoms with Crippen LogP contribution in [0.4, 0.5) is 0 Å². The van der Waals surface area contributed by atoms with Gasteiger partial charge in [-0.2, -0.15) is 16.4 Å². The Bertz CT molecular complexity index is 589. The minimum atomic E-state index is -0.826. The molecule has 3 rings (SSSR count). The van der Waals surface area contributed by atoms with Crippen molar-refractivity contribution >= 4 is 17.3 Å². The van der Waals surface area contributed by atoms with Crippen LogP contribution in [0.2, 0.25) is 0 Å². The number of carboxylic acids is 1. The molecule has 6 heteroatoms. The van der Waals surface area contributed by atoms with Crippen LogP contribution < -0.4 is 0 Å². The average Bonchev–Trinajstić information content (AvgIpc) is 2.92. The molecule has 1 aliphatic rings. The fourth-order valence-corrected chi connectivity index (χ4v) is 3.10. The monoisotopic (exact) mass is 291 g/mol. The van der Waals surface area contributed by atoms with E-state index in [4.69, 9.17) is 0 Å². The summed E-state index contributed by atoms with van der Waals surface area (Å²) in [5, 5.41) is 20.5. The highest BCUT2D eigenvalue weighted by molar-refractivity contribution is 7.08. The van der Waals surface area contributed by atoms with Crippen LogP contribution in [0, 0.1) is 0 Å². The Labute approximate surface area is 121 Å². The number of aromatic amines is 1. The molecule has 0 spiro atoms. The van der Waals surface area contributed by atoms with E-state index in [2.05, 4.69) is 16.3 Å². The van der Waals surface area contributed by atoms with Gasteiger partial charge in [-0.3, -0.25) is 14.8 Å². The smallest absolute Gasteiger partial charge is 0.325 e. The molecule has 0 bridgehead atoms. The molecule has 2 heterocycles. The molecule has 2 N–H and O–H groups in total. The second-order valence-corrected chi connectivity index (χ2v) is 6.08. The van der Waals surface area contributed by atoms with E-state index < -0.39 is 12.0 Å². The number of likely N-dealkylation sites (N-methyl/N-ethyl adjacent to an activating group) is 1. The summed E-state index contributed by atoms with van der Waals surface area (Å²) >= 11 is 1.52. The molecule has 0 amide bonds. The normalized spacial score (nSPS) is 16.5. The topological polar surface area (TPSA) is 69.2 Å². The molecule has 2 aromatic heterocycles. The fourth-order valence-electron chi connectivity index (χ4n) is 2.42. The first-order valence-electron chi connectivity index (χ1n) is 6.64. The Morgan fingerprint density at radius 1 is 1.65 bits per heavy atom. The molecule has 1 unspecified atom stereocenters. The number of carboxylic acid groups (broad SMARTS) is 1. The summed E-state index contributed by atoms with van der Waals surface area (Å²) < 4.78 is 0. The van der Waals surface area contributed by atoms with E-state index in [0.717, 1.165) is 17.0 Å².